The van der Waals surface area contributed by atoms with Crippen molar-refractivity contribution in [1.29, 1.82) is 0 Å². The Morgan fingerprint density at radius 1 is 0.833 bits per heavy atom. The number of aromatic nitrogens is 3. The molecule has 0 unspecified atom stereocenters. The fraction of sp³-hybridized carbons (Fsp3) is 0.148. The number of anilines is 1. The molecule has 0 spiro atoms. The fourth-order valence-corrected chi connectivity index (χ4v) is 4.63. The van der Waals surface area contributed by atoms with Crippen LogP contribution in [0.25, 0.3) is 22.5 Å². The van der Waals surface area contributed by atoms with Crippen molar-refractivity contribution in [3.05, 3.63) is 90.0 Å². The van der Waals surface area contributed by atoms with Gasteiger partial charge in [-0.2, -0.15) is 0 Å². The van der Waals surface area contributed by atoms with E-state index in [-0.39, 0.29) is 34.2 Å². The summed E-state index contributed by atoms with van der Waals surface area (Å²) in [5.74, 6) is -0.704. The quantitative estimate of drug-likeness (QED) is 0.242. The molecule has 1 saturated heterocycles. The van der Waals surface area contributed by atoms with Crippen LogP contribution in [0, 0.1) is 11.6 Å². The van der Waals surface area contributed by atoms with Crippen molar-refractivity contribution < 1.29 is 18.4 Å². The van der Waals surface area contributed by atoms with Gasteiger partial charge in [0.2, 0.25) is 11.1 Å². The minimum Gasteiger partial charge on any atom is -0.312 e. The van der Waals surface area contributed by atoms with Gasteiger partial charge < -0.3 is 4.90 Å². The van der Waals surface area contributed by atoms with Crippen LogP contribution >= 0.6 is 11.8 Å². The van der Waals surface area contributed by atoms with Gasteiger partial charge in [-0.1, -0.05) is 11.8 Å². The number of nitrogens with zero attached hydrogens (tertiary/aromatic N) is 4. The number of ketones is 1. The molecule has 0 bridgehead atoms. The third kappa shape index (κ3) is 5.16. The Morgan fingerprint density at radius 2 is 1.44 bits per heavy atom. The molecular weight excluding hydrogens is 482 g/mol. The summed E-state index contributed by atoms with van der Waals surface area (Å²) < 4.78 is 26.9. The first kappa shape index (κ1) is 23.7. The first-order valence-electron chi connectivity index (χ1n) is 11.3. The van der Waals surface area contributed by atoms with E-state index in [1.165, 1.54) is 24.3 Å². The van der Waals surface area contributed by atoms with Crippen LogP contribution in [0.4, 0.5) is 14.5 Å². The summed E-state index contributed by atoms with van der Waals surface area (Å²) in [6, 6.07) is 18.6. The molecule has 1 aromatic heterocycles. The Bertz CT molecular complexity index is 1410. The smallest absolute Gasteiger partial charge is 0.227 e. The number of halogens is 2. The molecule has 0 N–H and O–H groups in total. The summed E-state index contributed by atoms with van der Waals surface area (Å²) in [7, 11) is 0. The van der Waals surface area contributed by atoms with E-state index in [9.17, 15) is 18.4 Å². The van der Waals surface area contributed by atoms with Crippen molar-refractivity contribution in [2.24, 2.45) is 0 Å². The molecule has 9 heteroatoms. The second-order valence-corrected chi connectivity index (χ2v) is 9.16. The molecule has 4 aromatic rings. The number of Topliss-reactive ketones (excluding diaryl/α,β-unsaturated/α-hetero) is 1. The summed E-state index contributed by atoms with van der Waals surface area (Å²) in [5.41, 5.74) is 3.41. The van der Waals surface area contributed by atoms with E-state index in [2.05, 4.69) is 15.2 Å². The molecule has 0 aliphatic carbocycles. The minimum absolute atomic E-state index is 0.0857. The standard InChI is InChI=1S/C27H20F2N4O2S/c28-20-9-3-18(4-10-20)25-26(19-5-11-21(29)12-6-19)31-32-27(30-25)36-16-23(34)17-7-13-22(14-8-17)33-15-1-2-24(33)35/h3-14H,1-2,15-16H2. The maximum Gasteiger partial charge on any atom is 0.227 e. The third-order valence-corrected chi connectivity index (χ3v) is 6.65. The molecule has 0 radical (unpaired) electrons. The van der Waals surface area contributed by atoms with E-state index in [0.29, 0.717) is 41.0 Å². The summed E-state index contributed by atoms with van der Waals surface area (Å²) >= 11 is 1.14. The van der Waals surface area contributed by atoms with Gasteiger partial charge in [0.25, 0.3) is 0 Å². The van der Waals surface area contributed by atoms with Crippen molar-refractivity contribution in [2.75, 3.05) is 17.2 Å². The topological polar surface area (TPSA) is 76.1 Å². The molecule has 0 saturated carbocycles. The Labute approximate surface area is 210 Å². The van der Waals surface area contributed by atoms with E-state index >= 15 is 0 Å². The number of hydrogen-bond donors (Lipinski definition) is 0. The Hall–Kier alpha value is -3.98. The molecule has 1 aliphatic heterocycles. The van der Waals surface area contributed by atoms with Gasteiger partial charge in [-0.25, -0.2) is 13.8 Å². The van der Waals surface area contributed by atoms with Crippen LogP contribution in [0.5, 0.6) is 0 Å². The van der Waals surface area contributed by atoms with E-state index < -0.39 is 0 Å². The maximum absolute atomic E-state index is 13.5. The Balaban J connectivity index is 1.35. The van der Waals surface area contributed by atoms with E-state index in [0.717, 1.165) is 23.9 Å². The summed E-state index contributed by atoms with van der Waals surface area (Å²) in [6.45, 7) is 0.691. The van der Waals surface area contributed by atoms with Crippen LogP contribution in [0.2, 0.25) is 0 Å². The highest BCUT2D eigenvalue weighted by Gasteiger charge is 2.22. The van der Waals surface area contributed by atoms with Gasteiger partial charge in [-0.3, -0.25) is 9.59 Å². The first-order valence-corrected chi connectivity index (χ1v) is 12.3. The van der Waals surface area contributed by atoms with E-state index in [4.69, 9.17) is 0 Å². The van der Waals surface area contributed by atoms with Gasteiger partial charge in [0.15, 0.2) is 5.78 Å². The molecule has 1 amide bonds. The molecule has 1 aliphatic rings. The van der Waals surface area contributed by atoms with Crippen molar-refractivity contribution in [3.63, 3.8) is 0 Å². The molecule has 3 aromatic carbocycles. The van der Waals surface area contributed by atoms with Gasteiger partial charge >= 0.3 is 0 Å². The molecule has 36 heavy (non-hydrogen) atoms. The van der Waals surface area contributed by atoms with Crippen LogP contribution in [-0.2, 0) is 4.79 Å². The van der Waals surface area contributed by atoms with Gasteiger partial charge in [0.05, 0.1) is 5.75 Å². The predicted molar refractivity (Wildman–Crippen MR) is 134 cm³/mol. The van der Waals surface area contributed by atoms with Crippen molar-refractivity contribution in [3.8, 4) is 22.5 Å². The summed E-state index contributed by atoms with van der Waals surface area (Å²) in [5, 5.41) is 8.74. The number of rotatable bonds is 7. The zero-order valence-electron chi connectivity index (χ0n) is 19.0. The van der Waals surface area contributed by atoms with Gasteiger partial charge in [0.1, 0.15) is 23.0 Å². The van der Waals surface area contributed by atoms with E-state index in [1.807, 2.05) is 0 Å². The van der Waals surface area contributed by atoms with Gasteiger partial charge in [-0.05, 0) is 79.2 Å². The Morgan fingerprint density at radius 3 is 2.03 bits per heavy atom. The predicted octanol–water partition coefficient (Wildman–Crippen LogP) is 5.59. The number of carbonyl (C=O) groups is 2. The number of thioether (sulfide) groups is 1. The minimum atomic E-state index is -0.385. The molecule has 180 valence electrons. The highest BCUT2D eigenvalue weighted by molar-refractivity contribution is 7.99. The maximum atomic E-state index is 13.5. The highest BCUT2D eigenvalue weighted by Crippen LogP contribution is 2.30. The van der Waals surface area contributed by atoms with Gasteiger partial charge in [-0.15, -0.1) is 10.2 Å². The van der Waals surface area contributed by atoms with Crippen molar-refractivity contribution in [1.82, 2.24) is 15.2 Å². The molecule has 2 heterocycles. The normalized spacial score (nSPS) is 13.3. The largest absolute Gasteiger partial charge is 0.312 e. The third-order valence-electron chi connectivity index (χ3n) is 5.81. The van der Waals surface area contributed by atoms with Crippen LogP contribution < -0.4 is 4.90 Å². The van der Waals surface area contributed by atoms with Crippen molar-refractivity contribution in [2.45, 2.75) is 18.0 Å². The van der Waals surface area contributed by atoms with Crippen LogP contribution in [-0.4, -0.2) is 39.2 Å². The van der Waals surface area contributed by atoms with Crippen LogP contribution in [0.3, 0.4) is 0 Å². The zero-order valence-corrected chi connectivity index (χ0v) is 19.8. The number of amides is 1. The average Bonchev–Trinajstić information content (AvgIpc) is 3.34. The lowest BCUT2D eigenvalue weighted by molar-refractivity contribution is -0.117. The highest BCUT2D eigenvalue weighted by atomic mass is 32.2. The molecule has 1 fully saturated rings. The lowest BCUT2D eigenvalue weighted by Gasteiger charge is -2.15. The van der Waals surface area contributed by atoms with Crippen molar-refractivity contribution >= 4 is 29.1 Å². The number of benzene rings is 3. The van der Waals surface area contributed by atoms with Gasteiger partial charge in [0, 0.05) is 35.3 Å². The average molecular weight is 503 g/mol. The van der Waals surface area contributed by atoms with Crippen LogP contribution in [0.15, 0.2) is 78.0 Å². The van der Waals surface area contributed by atoms with Crippen LogP contribution in [0.1, 0.15) is 23.2 Å². The molecule has 5 rings (SSSR count). The molecular formula is C27H20F2N4O2S. The second kappa shape index (κ2) is 10.3. The zero-order chi connectivity index (χ0) is 25.1. The SMILES string of the molecule is O=C(CSc1nnc(-c2ccc(F)cc2)c(-c2ccc(F)cc2)n1)c1ccc(N2CCCC2=O)cc1. The number of carbonyl (C=O) groups excluding carboxylic acids is 2. The second-order valence-electron chi connectivity index (χ2n) is 8.21. The monoisotopic (exact) mass is 502 g/mol. The fourth-order valence-electron chi connectivity index (χ4n) is 3.95. The Kier molecular flexibility index (Phi) is 6.81. The first-order chi connectivity index (χ1) is 17.5. The summed E-state index contributed by atoms with van der Waals surface area (Å²) in [4.78, 5) is 31.0. The number of hydrogen-bond acceptors (Lipinski definition) is 6. The summed E-state index contributed by atoms with van der Waals surface area (Å²) in [6.07, 6.45) is 1.38. The lowest BCUT2D eigenvalue weighted by atomic mass is 10.0. The van der Waals surface area contributed by atoms with E-state index in [1.54, 1.807) is 53.4 Å². The lowest BCUT2D eigenvalue weighted by Crippen LogP contribution is -2.23. The molecule has 0 atom stereocenters. The molecule has 6 nitrogen and oxygen atoms in total.